The molecule has 274 valence electrons. The van der Waals surface area contributed by atoms with Gasteiger partial charge in [0.05, 0.1) is 5.69 Å². The van der Waals surface area contributed by atoms with E-state index in [-0.39, 0.29) is 16.2 Å². The molecular formula is C54H53N. The SMILES string of the molecule is CC1(C)CCC(C)(C)c2cc(N(c3ccc(-c4ccc5c(c4)C4(c6ccccc6-5)C5CC6CC(C5)CC4C6)cc3)c3ccccc3-c3ccccc3)ccc21. The number of nitrogens with zero attached hydrogens (tertiary/aromatic N) is 1. The largest absolute Gasteiger partial charge is 0.310 e. The van der Waals surface area contributed by atoms with Gasteiger partial charge in [0.25, 0.3) is 0 Å². The summed E-state index contributed by atoms with van der Waals surface area (Å²) in [5.41, 5.74) is 18.4. The van der Waals surface area contributed by atoms with Crippen LogP contribution in [0.5, 0.6) is 0 Å². The van der Waals surface area contributed by atoms with Crippen molar-refractivity contribution in [3.8, 4) is 33.4 Å². The van der Waals surface area contributed by atoms with Crippen molar-refractivity contribution in [2.75, 3.05) is 4.90 Å². The molecular weight excluding hydrogens is 663 g/mol. The number of hydrogen-bond acceptors (Lipinski definition) is 1. The lowest BCUT2D eigenvalue weighted by molar-refractivity contribution is -0.0399. The van der Waals surface area contributed by atoms with Gasteiger partial charge in [-0.25, -0.2) is 0 Å². The summed E-state index contributed by atoms with van der Waals surface area (Å²) < 4.78 is 0. The molecule has 0 aliphatic heterocycles. The molecule has 6 aliphatic carbocycles. The molecule has 0 unspecified atom stereocenters. The van der Waals surface area contributed by atoms with Gasteiger partial charge in [-0.2, -0.15) is 0 Å². The van der Waals surface area contributed by atoms with Crippen LogP contribution in [0, 0.1) is 23.7 Å². The van der Waals surface area contributed by atoms with Crippen molar-refractivity contribution in [1.82, 2.24) is 0 Å². The number of anilines is 3. The van der Waals surface area contributed by atoms with E-state index in [1.54, 1.807) is 11.1 Å². The molecule has 1 heteroatoms. The van der Waals surface area contributed by atoms with E-state index in [1.807, 2.05) is 0 Å². The van der Waals surface area contributed by atoms with Gasteiger partial charge in [0, 0.05) is 22.4 Å². The van der Waals surface area contributed by atoms with Crippen LogP contribution in [0.25, 0.3) is 33.4 Å². The Kier molecular flexibility index (Phi) is 7.34. The van der Waals surface area contributed by atoms with Crippen molar-refractivity contribution in [3.63, 3.8) is 0 Å². The fraction of sp³-hybridized carbons (Fsp3) is 0.333. The van der Waals surface area contributed by atoms with Crippen molar-refractivity contribution < 1.29 is 0 Å². The van der Waals surface area contributed by atoms with Crippen LogP contribution in [-0.2, 0) is 16.2 Å². The van der Waals surface area contributed by atoms with Crippen LogP contribution < -0.4 is 4.90 Å². The van der Waals surface area contributed by atoms with Crippen molar-refractivity contribution in [2.24, 2.45) is 23.7 Å². The third kappa shape index (κ3) is 4.97. The molecule has 0 heterocycles. The molecule has 0 amide bonds. The van der Waals surface area contributed by atoms with Gasteiger partial charge in [0.15, 0.2) is 0 Å². The maximum absolute atomic E-state index is 2.63. The maximum Gasteiger partial charge on any atom is 0.0540 e. The summed E-state index contributed by atoms with van der Waals surface area (Å²) in [6.07, 6.45) is 9.55. The van der Waals surface area contributed by atoms with E-state index in [9.17, 15) is 0 Å². The van der Waals surface area contributed by atoms with Crippen LogP contribution in [0.2, 0.25) is 0 Å². The number of hydrogen-bond donors (Lipinski definition) is 0. The molecule has 1 spiro atoms. The topological polar surface area (TPSA) is 3.24 Å². The van der Waals surface area contributed by atoms with Crippen LogP contribution in [0.4, 0.5) is 17.1 Å². The average molecular weight is 716 g/mol. The van der Waals surface area contributed by atoms with E-state index in [2.05, 4.69) is 172 Å². The molecule has 6 aromatic rings. The summed E-state index contributed by atoms with van der Waals surface area (Å²) >= 11 is 0. The Morgan fingerprint density at radius 2 is 1.00 bits per heavy atom. The second kappa shape index (κ2) is 12.1. The molecule has 0 atom stereocenters. The predicted octanol–water partition coefficient (Wildman–Crippen LogP) is 14.6. The molecule has 0 saturated heterocycles. The lowest BCUT2D eigenvalue weighted by Crippen LogP contribution is -2.55. The zero-order chi connectivity index (χ0) is 37.1. The maximum atomic E-state index is 2.63. The van der Waals surface area contributed by atoms with Gasteiger partial charge in [0.1, 0.15) is 0 Å². The van der Waals surface area contributed by atoms with E-state index < -0.39 is 0 Å². The molecule has 55 heavy (non-hydrogen) atoms. The molecule has 0 aromatic heterocycles. The van der Waals surface area contributed by atoms with Gasteiger partial charge in [0.2, 0.25) is 0 Å². The molecule has 0 N–H and O–H groups in total. The fourth-order valence-electron chi connectivity index (χ4n) is 12.8. The quantitative estimate of drug-likeness (QED) is 0.172. The second-order valence-corrected chi connectivity index (χ2v) is 19.2. The van der Waals surface area contributed by atoms with Crippen LogP contribution in [0.3, 0.4) is 0 Å². The predicted molar refractivity (Wildman–Crippen MR) is 231 cm³/mol. The van der Waals surface area contributed by atoms with E-state index in [0.29, 0.717) is 0 Å². The lowest BCUT2D eigenvalue weighted by atomic mass is 9.43. The van der Waals surface area contributed by atoms with E-state index in [0.717, 1.165) is 23.7 Å². The van der Waals surface area contributed by atoms with Crippen LogP contribution in [0.15, 0.2) is 140 Å². The number of rotatable bonds is 5. The second-order valence-electron chi connectivity index (χ2n) is 19.2. The molecule has 6 aliphatic rings. The summed E-state index contributed by atoms with van der Waals surface area (Å²) in [6.45, 7) is 9.71. The van der Waals surface area contributed by atoms with Crippen molar-refractivity contribution >= 4 is 17.1 Å². The Morgan fingerprint density at radius 1 is 0.418 bits per heavy atom. The minimum atomic E-state index is 0.122. The standard InChI is InChI=1S/C54H53N/c1-52(2)26-27-53(3,4)50-34-43(23-25-48(50)52)55(51-17-11-9-14-44(51)38-12-6-5-7-13-38)42-21-18-37(19-22-42)39-20-24-46-45-15-8-10-16-47(45)54(49(46)33-39)40-29-35-28-36(31-40)32-41(54)30-35/h5-25,33-36,40-41H,26-32H2,1-4H3. The van der Waals surface area contributed by atoms with Crippen molar-refractivity contribution in [1.29, 1.82) is 0 Å². The Hall–Kier alpha value is -4.88. The Balaban J connectivity index is 1.03. The first-order valence-corrected chi connectivity index (χ1v) is 21.2. The van der Waals surface area contributed by atoms with Crippen LogP contribution in [-0.4, -0.2) is 0 Å². The van der Waals surface area contributed by atoms with Gasteiger partial charge >= 0.3 is 0 Å². The fourth-order valence-corrected chi connectivity index (χ4v) is 12.8. The normalized spacial score (nSPS) is 26.0. The summed E-state index contributed by atoms with van der Waals surface area (Å²) in [4.78, 5) is 2.51. The minimum Gasteiger partial charge on any atom is -0.310 e. The number of para-hydroxylation sites is 1. The average Bonchev–Trinajstić information content (AvgIpc) is 3.49. The molecule has 12 rings (SSSR count). The smallest absolute Gasteiger partial charge is 0.0540 e. The highest BCUT2D eigenvalue weighted by atomic mass is 15.1. The number of benzene rings is 6. The van der Waals surface area contributed by atoms with Crippen molar-refractivity contribution in [3.05, 3.63) is 162 Å². The molecule has 0 radical (unpaired) electrons. The molecule has 6 aromatic carbocycles. The Bertz CT molecular complexity index is 2420. The first-order valence-electron chi connectivity index (χ1n) is 21.2. The zero-order valence-electron chi connectivity index (χ0n) is 33.0. The van der Waals surface area contributed by atoms with E-state index in [4.69, 9.17) is 0 Å². The van der Waals surface area contributed by atoms with Crippen LogP contribution in [0.1, 0.15) is 94.9 Å². The third-order valence-electron chi connectivity index (χ3n) is 15.3. The summed E-state index contributed by atoms with van der Waals surface area (Å²) in [7, 11) is 0. The van der Waals surface area contributed by atoms with E-state index in [1.165, 1.54) is 107 Å². The first kappa shape index (κ1) is 33.5. The first-order chi connectivity index (χ1) is 26.7. The van der Waals surface area contributed by atoms with Crippen molar-refractivity contribution in [2.45, 2.75) is 88.9 Å². The monoisotopic (exact) mass is 715 g/mol. The minimum absolute atomic E-state index is 0.122. The van der Waals surface area contributed by atoms with Crippen LogP contribution >= 0.6 is 0 Å². The summed E-state index contributed by atoms with van der Waals surface area (Å²) in [5, 5.41) is 0. The van der Waals surface area contributed by atoms with Gasteiger partial charge in [-0.15, -0.1) is 0 Å². The third-order valence-corrected chi connectivity index (χ3v) is 15.3. The molecule has 1 nitrogen and oxygen atoms in total. The molecule has 4 saturated carbocycles. The summed E-state index contributed by atoms with van der Waals surface area (Å²) in [5.74, 6) is 3.44. The summed E-state index contributed by atoms with van der Waals surface area (Å²) in [6, 6.07) is 53.6. The highest BCUT2D eigenvalue weighted by Gasteiger charge is 2.61. The van der Waals surface area contributed by atoms with Gasteiger partial charge in [-0.05, 0) is 166 Å². The van der Waals surface area contributed by atoms with Gasteiger partial charge < -0.3 is 4.90 Å². The molecule has 4 fully saturated rings. The zero-order valence-corrected chi connectivity index (χ0v) is 33.0. The highest BCUT2D eigenvalue weighted by Crippen LogP contribution is 2.69. The molecule has 4 bridgehead atoms. The highest BCUT2D eigenvalue weighted by molar-refractivity contribution is 5.89. The number of fused-ring (bicyclic) bond motifs is 4. The van der Waals surface area contributed by atoms with E-state index >= 15 is 0 Å². The van der Waals surface area contributed by atoms with Gasteiger partial charge in [-0.1, -0.05) is 131 Å². The van der Waals surface area contributed by atoms with Gasteiger partial charge in [-0.3, -0.25) is 0 Å². The Morgan fingerprint density at radius 3 is 1.73 bits per heavy atom. The Labute approximate surface area is 328 Å². The lowest BCUT2D eigenvalue weighted by Gasteiger charge is -2.61.